The third kappa shape index (κ3) is 5.91. The maximum Gasteiger partial charge on any atom is 0.409 e. The Kier molecular flexibility index (Phi) is 6.99. The van der Waals surface area contributed by atoms with E-state index >= 15 is 0 Å². The number of hydrogen-bond donors (Lipinski definition) is 2. The number of benzene rings is 1. The Hall–Kier alpha value is -3.16. The van der Waals surface area contributed by atoms with Gasteiger partial charge in [-0.2, -0.15) is 0 Å². The molecule has 0 aliphatic carbocycles. The van der Waals surface area contributed by atoms with E-state index in [2.05, 4.69) is 26.7 Å². The molecule has 0 atom stereocenters. The normalized spacial score (nSPS) is 14.3. The number of aromatic nitrogens is 2. The lowest BCUT2D eigenvalue weighted by Gasteiger charge is -2.31. The van der Waals surface area contributed by atoms with Gasteiger partial charge in [-0.3, -0.25) is 4.79 Å². The minimum absolute atomic E-state index is 0.00634. The van der Waals surface area contributed by atoms with Gasteiger partial charge >= 0.3 is 6.09 Å². The number of rotatable bonds is 6. The van der Waals surface area contributed by atoms with Crippen molar-refractivity contribution >= 4 is 17.9 Å². The molecular weight excluding hydrogens is 370 g/mol. The maximum absolute atomic E-state index is 12.6. The van der Waals surface area contributed by atoms with Crippen LogP contribution >= 0.6 is 0 Å². The first kappa shape index (κ1) is 20.6. The molecule has 1 aromatic heterocycles. The highest BCUT2D eigenvalue weighted by Crippen LogP contribution is 2.13. The summed E-state index contributed by atoms with van der Waals surface area (Å²) in [5, 5.41) is 6.16. The molecule has 0 unspecified atom stereocenters. The lowest BCUT2D eigenvalue weighted by atomic mass is 10.1. The number of ether oxygens (including phenoxy) is 1. The molecule has 2 aromatic rings. The zero-order valence-electron chi connectivity index (χ0n) is 16.9. The van der Waals surface area contributed by atoms with Crippen molar-refractivity contribution in [2.24, 2.45) is 0 Å². The Morgan fingerprint density at radius 2 is 2.03 bits per heavy atom. The van der Waals surface area contributed by atoms with Crippen LogP contribution in [0.3, 0.4) is 0 Å². The Morgan fingerprint density at radius 3 is 2.76 bits per heavy atom. The van der Waals surface area contributed by atoms with E-state index < -0.39 is 0 Å². The minimum Gasteiger partial charge on any atom is -0.450 e. The summed E-state index contributed by atoms with van der Waals surface area (Å²) in [6.07, 6.45) is 2.66. The highest BCUT2D eigenvalue weighted by molar-refractivity contribution is 5.92. The SMILES string of the molecule is CCOC(=O)N1CCC(NC(=O)c2ccnc(NCc3cccc(C)c3)n2)CC1. The van der Waals surface area contributed by atoms with E-state index in [1.54, 1.807) is 24.1 Å². The number of likely N-dealkylation sites (tertiary alicyclic amines) is 1. The standard InChI is InChI=1S/C21H27N5O3/c1-3-29-21(28)26-11-8-17(9-12-26)24-19(27)18-7-10-22-20(25-18)23-14-16-6-4-5-15(2)13-16/h4-7,10,13,17H,3,8-9,11-12,14H2,1-2H3,(H,24,27)(H,22,23,25). The van der Waals surface area contributed by atoms with E-state index in [9.17, 15) is 9.59 Å². The molecule has 2 N–H and O–H groups in total. The summed E-state index contributed by atoms with van der Waals surface area (Å²) in [6.45, 7) is 5.91. The fraction of sp³-hybridized carbons (Fsp3) is 0.429. The summed E-state index contributed by atoms with van der Waals surface area (Å²) in [6, 6.07) is 9.77. The Labute approximate surface area is 170 Å². The van der Waals surface area contributed by atoms with Crippen molar-refractivity contribution in [3.8, 4) is 0 Å². The van der Waals surface area contributed by atoms with E-state index in [0.29, 0.717) is 50.7 Å². The van der Waals surface area contributed by atoms with E-state index in [-0.39, 0.29) is 18.0 Å². The molecule has 3 rings (SSSR count). The van der Waals surface area contributed by atoms with Gasteiger partial charge in [0.1, 0.15) is 5.69 Å². The summed E-state index contributed by atoms with van der Waals surface area (Å²) in [4.78, 5) is 34.5. The number of nitrogens with one attached hydrogen (secondary N) is 2. The van der Waals surface area contributed by atoms with E-state index in [4.69, 9.17) is 4.74 Å². The summed E-state index contributed by atoms with van der Waals surface area (Å²) < 4.78 is 5.02. The van der Waals surface area contributed by atoms with Crippen LogP contribution in [-0.4, -0.2) is 52.6 Å². The van der Waals surface area contributed by atoms with Crippen molar-refractivity contribution < 1.29 is 14.3 Å². The smallest absolute Gasteiger partial charge is 0.409 e. The molecule has 2 heterocycles. The first-order valence-corrected chi connectivity index (χ1v) is 9.90. The fourth-order valence-corrected chi connectivity index (χ4v) is 3.25. The maximum atomic E-state index is 12.6. The molecule has 8 nitrogen and oxygen atoms in total. The molecule has 1 aromatic carbocycles. The quantitative estimate of drug-likeness (QED) is 0.778. The molecule has 154 valence electrons. The van der Waals surface area contributed by atoms with Crippen LogP contribution in [0.15, 0.2) is 36.5 Å². The number of carbonyl (C=O) groups is 2. The number of carbonyl (C=O) groups excluding carboxylic acids is 2. The van der Waals surface area contributed by atoms with Crippen molar-refractivity contribution in [3.05, 3.63) is 53.3 Å². The van der Waals surface area contributed by atoms with Gasteiger partial charge < -0.3 is 20.3 Å². The van der Waals surface area contributed by atoms with Crippen molar-refractivity contribution in [3.63, 3.8) is 0 Å². The monoisotopic (exact) mass is 397 g/mol. The van der Waals surface area contributed by atoms with Gasteiger partial charge in [-0.25, -0.2) is 14.8 Å². The van der Waals surface area contributed by atoms with Crippen molar-refractivity contribution in [1.29, 1.82) is 0 Å². The van der Waals surface area contributed by atoms with Crippen LogP contribution < -0.4 is 10.6 Å². The number of anilines is 1. The number of aryl methyl sites for hydroxylation is 1. The molecule has 0 spiro atoms. The summed E-state index contributed by atoms with van der Waals surface area (Å²) >= 11 is 0. The predicted molar refractivity (Wildman–Crippen MR) is 110 cm³/mol. The molecule has 1 fully saturated rings. The molecular formula is C21H27N5O3. The lowest BCUT2D eigenvalue weighted by molar-refractivity contribution is 0.0856. The van der Waals surface area contributed by atoms with Gasteiger partial charge in [0.2, 0.25) is 5.95 Å². The van der Waals surface area contributed by atoms with Gasteiger partial charge in [0.15, 0.2) is 0 Å². The van der Waals surface area contributed by atoms with Crippen molar-refractivity contribution in [2.75, 3.05) is 25.0 Å². The molecule has 8 heteroatoms. The Morgan fingerprint density at radius 1 is 1.24 bits per heavy atom. The second-order valence-corrected chi connectivity index (χ2v) is 7.04. The molecule has 1 aliphatic rings. The van der Waals surface area contributed by atoms with Gasteiger partial charge in [-0.15, -0.1) is 0 Å². The van der Waals surface area contributed by atoms with Gasteiger partial charge in [0.05, 0.1) is 6.61 Å². The molecule has 1 saturated heterocycles. The third-order valence-electron chi connectivity index (χ3n) is 4.78. The van der Waals surface area contributed by atoms with Crippen LogP contribution in [0.2, 0.25) is 0 Å². The first-order valence-electron chi connectivity index (χ1n) is 9.90. The van der Waals surface area contributed by atoms with Gasteiger partial charge in [-0.1, -0.05) is 29.8 Å². The zero-order valence-corrected chi connectivity index (χ0v) is 16.9. The second kappa shape index (κ2) is 9.86. The summed E-state index contributed by atoms with van der Waals surface area (Å²) in [5.74, 6) is 0.178. The van der Waals surface area contributed by atoms with E-state index in [1.807, 2.05) is 25.1 Å². The number of amides is 2. The molecule has 0 bridgehead atoms. The molecule has 2 amide bonds. The second-order valence-electron chi connectivity index (χ2n) is 7.04. The molecule has 1 aliphatic heterocycles. The third-order valence-corrected chi connectivity index (χ3v) is 4.78. The number of nitrogens with zero attached hydrogens (tertiary/aromatic N) is 3. The number of piperidine rings is 1. The fourth-order valence-electron chi connectivity index (χ4n) is 3.25. The number of hydrogen-bond acceptors (Lipinski definition) is 6. The van der Waals surface area contributed by atoms with Gasteiger partial charge in [0, 0.05) is 31.9 Å². The van der Waals surface area contributed by atoms with Gasteiger partial charge in [0.25, 0.3) is 5.91 Å². The van der Waals surface area contributed by atoms with E-state index in [1.165, 1.54) is 5.56 Å². The zero-order chi connectivity index (χ0) is 20.6. The average Bonchev–Trinajstić information content (AvgIpc) is 2.73. The van der Waals surface area contributed by atoms with Crippen LogP contribution in [0, 0.1) is 6.92 Å². The Balaban J connectivity index is 1.51. The van der Waals surface area contributed by atoms with Crippen LogP contribution in [0.4, 0.5) is 10.7 Å². The average molecular weight is 397 g/mol. The van der Waals surface area contributed by atoms with Crippen LogP contribution in [0.1, 0.15) is 41.4 Å². The predicted octanol–water partition coefficient (Wildman–Crippen LogP) is 2.75. The summed E-state index contributed by atoms with van der Waals surface area (Å²) in [7, 11) is 0. The van der Waals surface area contributed by atoms with Crippen LogP contribution in [0.25, 0.3) is 0 Å². The Bertz CT molecular complexity index is 850. The molecule has 0 radical (unpaired) electrons. The lowest BCUT2D eigenvalue weighted by Crippen LogP contribution is -2.46. The van der Waals surface area contributed by atoms with Crippen molar-refractivity contribution in [2.45, 2.75) is 39.3 Å². The van der Waals surface area contributed by atoms with Crippen LogP contribution in [-0.2, 0) is 11.3 Å². The molecule has 29 heavy (non-hydrogen) atoms. The summed E-state index contributed by atoms with van der Waals surface area (Å²) in [5.41, 5.74) is 2.63. The topological polar surface area (TPSA) is 96.5 Å². The van der Waals surface area contributed by atoms with E-state index in [0.717, 1.165) is 5.56 Å². The highest BCUT2D eigenvalue weighted by Gasteiger charge is 2.25. The van der Waals surface area contributed by atoms with Crippen LogP contribution in [0.5, 0.6) is 0 Å². The molecule has 0 saturated carbocycles. The largest absolute Gasteiger partial charge is 0.450 e. The highest BCUT2D eigenvalue weighted by atomic mass is 16.6. The van der Waals surface area contributed by atoms with Gasteiger partial charge in [-0.05, 0) is 38.3 Å². The van der Waals surface area contributed by atoms with Crippen molar-refractivity contribution in [1.82, 2.24) is 20.2 Å². The first-order chi connectivity index (χ1) is 14.0. The minimum atomic E-state index is -0.294.